The smallest absolute Gasteiger partial charge is 0.242 e. The Balaban J connectivity index is 2.42. The molecule has 0 saturated heterocycles. The lowest BCUT2D eigenvalue weighted by molar-refractivity contribution is 0.486. The number of nitrogens with one attached hydrogen (secondary N) is 1. The highest BCUT2D eigenvalue weighted by Gasteiger charge is 2.21. The Morgan fingerprint density at radius 2 is 2.19 bits per heavy atom. The van der Waals surface area contributed by atoms with Crippen LogP contribution in [0.25, 0.3) is 0 Å². The molecule has 1 heterocycles. The van der Waals surface area contributed by atoms with E-state index in [1.54, 1.807) is 19.2 Å². The van der Waals surface area contributed by atoms with Crippen LogP contribution < -0.4 is 5.32 Å². The van der Waals surface area contributed by atoms with Crippen LogP contribution in [0.15, 0.2) is 23.1 Å². The van der Waals surface area contributed by atoms with Gasteiger partial charge < -0.3 is 5.32 Å². The second kappa shape index (κ2) is 4.07. The second-order valence-corrected chi connectivity index (χ2v) is 5.96. The summed E-state index contributed by atoms with van der Waals surface area (Å²) in [6.07, 6.45) is 0.972. The number of nitrogens with zero attached hydrogens (tertiary/aromatic N) is 1. The van der Waals surface area contributed by atoms with Crippen molar-refractivity contribution >= 4 is 15.7 Å². The zero-order valence-electron chi connectivity index (χ0n) is 9.53. The van der Waals surface area contributed by atoms with E-state index in [1.807, 2.05) is 13.0 Å². The number of rotatable bonds is 3. The molecule has 0 unspecified atom stereocenters. The van der Waals surface area contributed by atoms with E-state index in [2.05, 4.69) is 5.32 Å². The third-order valence-electron chi connectivity index (χ3n) is 2.94. The van der Waals surface area contributed by atoms with Crippen LogP contribution in [-0.4, -0.2) is 32.9 Å². The van der Waals surface area contributed by atoms with Gasteiger partial charge in [-0.25, -0.2) is 12.7 Å². The van der Waals surface area contributed by atoms with E-state index in [9.17, 15) is 8.42 Å². The summed E-state index contributed by atoms with van der Waals surface area (Å²) in [4.78, 5) is 0.366. The van der Waals surface area contributed by atoms with E-state index < -0.39 is 10.0 Å². The fourth-order valence-corrected chi connectivity index (χ4v) is 2.99. The molecule has 0 bridgehead atoms. The first-order valence-corrected chi connectivity index (χ1v) is 6.83. The van der Waals surface area contributed by atoms with Crippen molar-refractivity contribution in [3.05, 3.63) is 23.8 Å². The molecule has 2 rings (SSSR count). The number of sulfonamides is 1. The first kappa shape index (κ1) is 11.4. The molecule has 0 radical (unpaired) electrons. The summed E-state index contributed by atoms with van der Waals surface area (Å²) >= 11 is 0. The molecule has 0 aliphatic carbocycles. The van der Waals surface area contributed by atoms with E-state index >= 15 is 0 Å². The quantitative estimate of drug-likeness (QED) is 0.866. The van der Waals surface area contributed by atoms with Gasteiger partial charge in [-0.05, 0) is 24.1 Å². The van der Waals surface area contributed by atoms with Crippen LogP contribution in [0, 0.1) is 0 Å². The second-order valence-electron chi connectivity index (χ2n) is 3.91. The van der Waals surface area contributed by atoms with Crippen LogP contribution in [0.4, 0.5) is 5.69 Å². The molecule has 88 valence electrons. The predicted molar refractivity (Wildman–Crippen MR) is 64.1 cm³/mol. The molecule has 0 spiro atoms. The third kappa shape index (κ3) is 1.81. The Morgan fingerprint density at radius 3 is 2.88 bits per heavy atom. The average molecular weight is 240 g/mol. The van der Waals surface area contributed by atoms with Crippen molar-refractivity contribution in [3.8, 4) is 0 Å². The van der Waals surface area contributed by atoms with Crippen LogP contribution in [0.3, 0.4) is 0 Å². The maximum absolute atomic E-state index is 12.1. The molecule has 5 heteroatoms. The Hall–Kier alpha value is -1.07. The minimum atomic E-state index is -3.32. The van der Waals surface area contributed by atoms with Gasteiger partial charge in [0.2, 0.25) is 10.0 Å². The SMILES string of the molecule is CCN(C)S(=O)(=O)c1ccc2c(c1)NCC2. The summed E-state index contributed by atoms with van der Waals surface area (Å²) in [5.41, 5.74) is 2.14. The molecule has 0 saturated carbocycles. The van der Waals surface area contributed by atoms with Gasteiger partial charge in [-0.3, -0.25) is 0 Å². The highest BCUT2D eigenvalue weighted by molar-refractivity contribution is 7.89. The van der Waals surface area contributed by atoms with Gasteiger partial charge in [0, 0.05) is 25.8 Å². The van der Waals surface area contributed by atoms with Gasteiger partial charge in [-0.1, -0.05) is 13.0 Å². The van der Waals surface area contributed by atoms with Crippen LogP contribution >= 0.6 is 0 Å². The van der Waals surface area contributed by atoms with E-state index in [1.165, 1.54) is 9.87 Å². The summed E-state index contributed by atoms with van der Waals surface area (Å²) < 4.78 is 25.5. The highest BCUT2D eigenvalue weighted by atomic mass is 32.2. The fraction of sp³-hybridized carbons (Fsp3) is 0.455. The van der Waals surface area contributed by atoms with Gasteiger partial charge in [0.15, 0.2) is 0 Å². The summed E-state index contributed by atoms with van der Waals surface area (Å²) in [7, 11) is -1.72. The minimum absolute atomic E-state index is 0.366. The molecule has 1 aromatic rings. The standard InChI is InChI=1S/C11H16N2O2S/c1-3-13(2)16(14,15)10-5-4-9-6-7-12-11(9)8-10/h4-5,8,12H,3,6-7H2,1-2H3. The molecule has 0 fully saturated rings. The lowest BCUT2D eigenvalue weighted by atomic mass is 10.2. The lowest BCUT2D eigenvalue weighted by Gasteiger charge is -2.15. The van der Waals surface area contributed by atoms with Gasteiger partial charge in [0.1, 0.15) is 0 Å². The molecule has 0 amide bonds. The number of hydrogen-bond acceptors (Lipinski definition) is 3. The molecule has 1 aromatic carbocycles. The molecule has 0 aromatic heterocycles. The summed E-state index contributed by atoms with van der Waals surface area (Å²) in [5, 5.41) is 3.19. The number of anilines is 1. The Labute approximate surface area is 96.3 Å². The zero-order chi connectivity index (χ0) is 11.8. The normalized spacial score (nSPS) is 14.9. The molecule has 1 aliphatic rings. The summed E-state index contributed by atoms with van der Waals surface area (Å²) in [5.74, 6) is 0. The van der Waals surface area contributed by atoms with Gasteiger partial charge in [0.05, 0.1) is 4.90 Å². The molecule has 0 atom stereocenters. The van der Waals surface area contributed by atoms with Crippen LogP contribution in [0.2, 0.25) is 0 Å². The van der Waals surface area contributed by atoms with Gasteiger partial charge in [-0.15, -0.1) is 0 Å². The Kier molecular flexibility index (Phi) is 2.90. The molecular weight excluding hydrogens is 224 g/mol. The van der Waals surface area contributed by atoms with Crippen molar-refractivity contribution in [1.82, 2.24) is 4.31 Å². The van der Waals surface area contributed by atoms with E-state index in [0.29, 0.717) is 11.4 Å². The van der Waals surface area contributed by atoms with Gasteiger partial charge >= 0.3 is 0 Å². The highest BCUT2D eigenvalue weighted by Crippen LogP contribution is 2.26. The molecule has 4 nitrogen and oxygen atoms in total. The predicted octanol–water partition coefficient (Wildman–Crippen LogP) is 1.30. The van der Waals surface area contributed by atoms with Crippen molar-refractivity contribution in [2.75, 3.05) is 25.5 Å². The summed E-state index contributed by atoms with van der Waals surface area (Å²) in [6, 6.07) is 5.31. The van der Waals surface area contributed by atoms with E-state index in [0.717, 1.165) is 18.7 Å². The van der Waals surface area contributed by atoms with Crippen molar-refractivity contribution in [1.29, 1.82) is 0 Å². The molecular formula is C11H16N2O2S. The van der Waals surface area contributed by atoms with Crippen molar-refractivity contribution in [2.24, 2.45) is 0 Å². The van der Waals surface area contributed by atoms with Gasteiger partial charge in [-0.2, -0.15) is 0 Å². The maximum Gasteiger partial charge on any atom is 0.242 e. The molecule has 1 aliphatic heterocycles. The van der Waals surface area contributed by atoms with Crippen molar-refractivity contribution < 1.29 is 8.42 Å². The Bertz CT molecular complexity index is 497. The fourth-order valence-electron chi connectivity index (χ4n) is 1.78. The van der Waals surface area contributed by atoms with Crippen molar-refractivity contribution in [3.63, 3.8) is 0 Å². The van der Waals surface area contributed by atoms with Crippen LogP contribution in [-0.2, 0) is 16.4 Å². The van der Waals surface area contributed by atoms with E-state index in [4.69, 9.17) is 0 Å². The lowest BCUT2D eigenvalue weighted by Crippen LogP contribution is -2.26. The first-order valence-electron chi connectivity index (χ1n) is 5.39. The maximum atomic E-state index is 12.1. The van der Waals surface area contributed by atoms with Crippen LogP contribution in [0.5, 0.6) is 0 Å². The first-order chi connectivity index (χ1) is 7.55. The molecule has 1 N–H and O–H groups in total. The third-order valence-corrected chi connectivity index (χ3v) is 4.87. The monoisotopic (exact) mass is 240 g/mol. The topological polar surface area (TPSA) is 49.4 Å². The minimum Gasteiger partial charge on any atom is -0.384 e. The largest absolute Gasteiger partial charge is 0.384 e. The average Bonchev–Trinajstić information content (AvgIpc) is 2.74. The van der Waals surface area contributed by atoms with Crippen molar-refractivity contribution in [2.45, 2.75) is 18.2 Å². The number of fused-ring (bicyclic) bond motifs is 1. The summed E-state index contributed by atoms with van der Waals surface area (Å²) in [6.45, 7) is 3.19. The van der Waals surface area contributed by atoms with Crippen LogP contribution in [0.1, 0.15) is 12.5 Å². The number of benzene rings is 1. The molecule has 16 heavy (non-hydrogen) atoms. The van der Waals surface area contributed by atoms with Gasteiger partial charge in [0.25, 0.3) is 0 Å². The van der Waals surface area contributed by atoms with E-state index in [-0.39, 0.29) is 0 Å². The Morgan fingerprint density at radius 1 is 1.44 bits per heavy atom. The zero-order valence-corrected chi connectivity index (χ0v) is 10.3. The number of hydrogen-bond donors (Lipinski definition) is 1.